The summed E-state index contributed by atoms with van der Waals surface area (Å²) in [6.07, 6.45) is 2.59. The van der Waals surface area contributed by atoms with E-state index in [2.05, 4.69) is 39.1 Å². The maximum Gasteiger partial charge on any atom is 0.260 e. The van der Waals surface area contributed by atoms with Crippen LogP contribution in [0, 0.1) is 0 Å². The molecule has 5 nitrogen and oxygen atoms in total. The molecule has 27 heavy (non-hydrogen) atoms. The highest BCUT2D eigenvalue weighted by atomic mass is 32.1. The molecule has 6 heteroatoms. The lowest BCUT2D eigenvalue weighted by Crippen LogP contribution is -2.29. The maximum atomic E-state index is 12.7. The lowest BCUT2D eigenvalue weighted by molar-refractivity contribution is 0.249. The van der Waals surface area contributed by atoms with Crippen molar-refractivity contribution in [3.8, 4) is 11.5 Å². The fourth-order valence-corrected chi connectivity index (χ4v) is 4.92. The smallest absolute Gasteiger partial charge is 0.260 e. The second-order valence-electron chi connectivity index (χ2n) is 6.76. The predicted octanol–water partition coefficient (Wildman–Crippen LogP) is 3.60. The minimum absolute atomic E-state index is 0.0605. The Morgan fingerprint density at radius 2 is 1.96 bits per heavy atom. The fraction of sp³-hybridized carbons (Fsp3) is 0.190. The average Bonchev–Trinajstić information content (AvgIpc) is 3.07. The van der Waals surface area contributed by atoms with E-state index >= 15 is 0 Å². The number of pyridine rings is 1. The van der Waals surface area contributed by atoms with Crippen LogP contribution >= 0.6 is 11.3 Å². The molecule has 1 N–H and O–H groups in total. The van der Waals surface area contributed by atoms with Crippen LogP contribution in [0.3, 0.4) is 0 Å². The van der Waals surface area contributed by atoms with Crippen LogP contribution in [0.5, 0.6) is 0 Å². The zero-order valence-electron chi connectivity index (χ0n) is 14.7. The quantitative estimate of drug-likeness (QED) is 0.595. The summed E-state index contributed by atoms with van der Waals surface area (Å²) in [6, 6.07) is 16.1. The molecule has 3 aromatic heterocycles. The number of thiophene rings is 1. The van der Waals surface area contributed by atoms with Gasteiger partial charge in [0.15, 0.2) is 5.82 Å². The summed E-state index contributed by atoms with van der Waals surface area (Å²) >= 11 is 1.64. The number of benzene rings is 1. The number of nitrogens with zero attached hydrogens (tertiary/aromatic N) is 3. The van der Waals surface area contributed by atoms with Crippen molar-refractivity contribution in [1.29, 1.82) is 0 Å². The summed E-state index contributed by atoms with van der Waals surface area (Å²) < 4.78 is 0. The molecule has 0 bridgehead atoms. The molecule has 0 saturated carbocycles. The second kappa shape index (κ2) is 6.72. The summed E-state index contributed by atoms with van der Waals surface area (Å²) in [4.78, 5) is 29.2. The number of H-pyrrole nitrogens is 1. The van der Waals surface area contributed by atoms with Gasteiger partial charge < -0.3 is 4.98 Å². The van der Waals surface area contributed by atoms with Gasteiger partial charge in [-0.2, -0.15) is 0 Å². The van der Waals surface area contributed by atoms with Crippen molar-refractivity contribution in [2.24, 2.45) is 0 Å². The monoisotopic (exact) mass is 374 g/mol. The van der Waals surface area contributed by atoms with E-state index in [1.807, 2.05) is 24.3 Å². The Balaban J connectivity index is 1.50. The van der Waals surface area contributed by atoms with Crippen LogP contribution in [-0.2, 0) is 19.5 Å². The van der Waals surface area contributed by atoms with Gasteiger partial charge in [0, 0.05) is 30.7 Å². The Bertz CT molecular complexity index is 1150. The van der Waals surface area contributed by atoms with Crippen molar-refractivity contribution >= 4 is 21.6 Å². The van der Waals surface area contributed by atoms with Gasteiger partial charge in [-0.3, -0.25) is 14.7 Å². The third kappa shape index (κ3) is 3.07. The topological polar surface area (TPSA) is 61.9 Å². The van der Waals surface area contributed by atoms with Crippen molar-refractivity contribution in [2.45, 2.75) is 19.5 Å². The number of hydrogen-bond acceptors (Lipinski definition) is 5. The Labute approximate surface area is 160 Å². The number of aromatic amines is 1. The first-order chi connectivity index (χ1) is 13.3. The molecule has 5 rings (SSSR count). The van der Waals surface area contributed by atoms with E-state index in [-0.39, 0.29) is 5.56 Å². The first-order valence-corrected chi connectivity index (χ1v) is 9.82. The third-order valence-corrected chi connectivity index (χ3v) is 6.06. The van der Waals surface area contributed by atoms with Crippen molar-refractivity contribution in [1.82, 2.24) is 19.9 Å². The normalized spacial score (nSPS) is 14.4. The van der Waals surface area contributed by atoms with E-state index in [0.717, 1.165) is 36.3 Å². The standard InChI is InChI=1S/C21H18N4OS/c26-20-18-15-9-11-25(12-14-6-2-1-3-7-14)13-17(15)27-21(18)24-19(23-20)16-8-4-5-10-22-16/h1-8,10H,9,11-13H2,(H,23,24,26). The highest BCUT2D eigenvalue weighted by Crippen LogP contribution is 2.33. The Hall–Kier alpha value is -2.83. The van der Waals surface area contributed by atoms with Crippen LogP contribution in [0.15, 0.2) is 59.5 Å². The van der Waals surface area contributed by atoms with Gasteiger partial charge in [-0.15, -0.1) is 11.3 Å². The number of rotatable bonds is 3. The SMILES string of the molecule is O=c1[nH]c(-c2ccccn2)nc2sc3c(c12)CCN(Cc1ccccc1)C3. The van der Waals surface area contributed by atoms with Crippen molar-refractivity contribution < 1.29 is 0 Å². The predicted molar refractivity (Wildman–Crippen MR) is 108 cm³/mol. The molecular weight excluding hydrogens is 356 g/mol. The van der Waals surface area contributed by atoms with Gasteiger partial charge in [0.25, 0.3) is 5.56 Å². The lowest BCUT2D eigenvalue weighted by atomic mass is 10.0. The molecule has 1 aliphatic rings. The van der Waals surface area contributed by atoms with E-state index in [1.165, 1.54) is 16.0 Å². The fourth-order valence-electron chi connectivity index (χ4n) is 3.66. The van der Waals surface area contributed by atoms with Gasteiger partial charge in [0.05, 0.1) is 5.39 Å². The first-order valence-electron chi connectivity index (χ1n) is 9.00. The highest BCUT2D eigenvalue weighted by molar-refractivity contribution is 7.18. The summed E-state index contributed by atoms with van der Waals surface area (Å²) in [6.45, 7) is 2.75. The minimum Gasteiger partial charge on any atom is -0.305 e. The van der Waals surface area contributed by atoms with Crippen molar-refractivity contribution in [3.05, 3.63) is 81.1 Å². The molecule has 4 heterocycles. The lowest BCUT2D eigenvalue weighted by Gasteiger charge is -2.26. The van der Waals surface area contributed by atoms with Crippen LogP contribution in [0.4, 0.5) is 0 Å². The molecule has 0 fully saturated rings. The second-order valence-corrected chi connectivity index (χ2v) is 7.84. The van der Waals surface area contributed by atoms with Gasteiger partial charge in [0.2, 0.25) is 0 Å². The van der Waals surface area contributed by atoms with Crippen LogP contribution in [0.1, 0.15) is 16.0 Å². The summed E-state index contributed by atoms with van der Waals surface area (Å²) in [7, 11) is 0. The van der Waals surface area contributed by atoms with E-state index < -0.39 is 0 Å². The molecule has 0 saturated heterocycles. The van der Waals surface area contributed by atoms with Crippen LogP contribution in [-0.4, -0.2) is 26.4 Å². The largest absolute Gasteiger partial charge is 0.305 e. The average molecular weight is 374 g/mol. The summed E-state index contributed by atoms with van der Waals surface area (Å²) in [5.41, 5.74) is 3.11. The Kier molecular flexibility index (Phi) is 4.07. The highest BCUT2D eigenvalue weighted by Gasteiger charge is 2.24. The van der Waals surface area contributed by atoms with Crippen LogP contribution in [0.25, 0.3) is 21.7 Å². The molecule has 1 aliphatic heterocycles. The van der Waals surface area contributed by atoms with Crippen molar-refractivity contribution in [3.63, 3.8) is 0 Å². The molecule has 1 aromatic carbocycles. The third-order valence-electron chi connectivity index (χ3n) is 4.95. The molecule has 0 amide bonds. The van der Waals surface area contributed by atoms with Gasteiger partial charge in [-0.25, -0.2) is 4.98 Å². The van der Waals surface area contributed by atoms with Gasteiger partial charge in [0.1, 0.15) is 10.5 Å². The van der Waals surface area contributed by atoms with Gasteiger partial charge in [-0.1, -0.05) is 36.4 Å². The molecule has 4 aromatic rings. The van der Waals surface area contributed by atoms with E-state index in [9.17, 15) is 4.79 Å². The van der Waals surface area contributed by atoms with E-state index in [0.29, 0.717) is 11.5 Å². The Morgan fingerprint density at radius 1 is 1.11 bits per heavy atom. The van der Waals surface area contributed by atoms with E-state index in [4.69, 9.17) is 4.98 Å². The minimum atomic E-state index is -0.0605. The summed E-state index contributed by atoms with van der Waals surface area (Å²) in [5, 5.41) is 0.758. The molecular formula is C21H18N4OS. The molecule has 134 valence electrons. The van der Waals surface area contributed by atoms with Crippen LogP contribution < -0.4 is 5.56 Å². The number of aromatic nitrogens is 3. The molecule has 0 spiro atoms. The van der Waals surface area contributed by atoms with Crippen LogP contribution in [0.2, 0.25) is 0 Å². The molecule has 0 aliphatic carbocycles. The maximum absolute atomic E-state index is 12.7. The van der Waals surface area contributed by atoms with Gasteiger partial charge >= 0.3 is 0 Å². The Morgan fingerprint density at radius 3 is 2.78 bits per heavy atom. The van der Waals surface area contributed by atoms with Crippen molar-refractivity contribution in [2.75, 3.05) is 6.54 Å². The first kappa shape index (κ1) is 16.4. The van der Waals surface area contributed by atoms with E-state index in [1.54, 1.807) is 17.5 Å². The number of hydrogen-bond donors (Lipinski definition) is 1. The van der Waals surface area contributed by atoms with Gasteiger partial charge in [-0.05, 0) is 29.7 Å². The molecule has 0 unspecified atom stereocenters. The molecule has 0 atom stereocenters. The summed E-state index contributed by atoms with van der Waals surface area (Å²) in [5.74, 6) is 0.535. The number of nitrogens with one attached hydrogen (secondary N) is 1. The number of fused-ring (bicyclic) bond motifs is 3. The molecule has 0 radical (unpaired) electrons. The zero-order chi connectivity index (χ0) is 18.2. The zero-order valence-corrected chi connectivity index (χ0v) is 15.5.